The molecule has 6 nitrogen and oxygen atoms in total. The van der Waals surface area contributed by atoms with Crippen LogP contribution in [0.15, 0.2) is 29.1 Å². The van der Waals surface area contributed by atoms with Crippen LogP contribution in [-0.4, -0.2) is 39.5 Å². The quantitative estimate of drug-likeness (QED) is 0.811. The summed E-state index contributed by atoms with van der Waals surface area (Å²) in [6.45, 7) is 1.41. The fourth-order valence-corrected chi connectivity index (χ4v) is 4.66. The van der Waals surface area contributed by atoms with Gasteiger partial charge in [0.1, 0.15) is 0 Å². The Balaban J connectivity index is 1.46. The molecule has 0 radical (unpaired) electrons. The van der Waals surface area contributed by atoms with E-state index in [1.807, 2.05) is 33.7 Å². The Hall–Kier alpha value is -2.08. The molecule has 1 aromatic carbocycles. The van der Waals surface area contributed by atoms with Crippen LogP contribution in [0.3, 0.4) is 0 Å². The molecular weight excluding hydrogens is 328 g/mol. The van der Waals surface area contributed by atoms with Gasteiger partial charge in [-0.25, -0.2) is 4.79 Å². The van der Waals surface area contributed by atoms with Gasteiger partial charge in [-0.3, -0.25) is 9.36 Å². The van der Waals surface area contributed by atoms with Gasteiger partial charge in [0.15, 0.2) is 0 Å². The van der Waals surface area contributed by atoms with E-state index in [2.05, 4.69) is 4.98 Å². The number of hydrogen-bond acceptors (Lipinski definition) is 3. The normalized spacial score (nSPS) is 25.3. The van der Waals surface area contributed by atoms with Gasteiger partial charge in [-0.1, -0.05) is 31.4 Å². The van der Waals surface area contributed by atoms with E-state index in [1.54, 1.807) is 0 Å². The standard InChI is InChI=1S/C20H28N4O2/c21-16-7-3-1-2-6-15(16)19(25)23-12-10-14(11-13-23)24-18-9-5-4-8-17(18)22-20(24)26/h4-5,8-9,14-16H,1-3,6-7,10-13,21H2,(H,22,26). The largest absolute Gasteiger partial charge is 0.342 e. The number of aromatic nitrogens is 2. The Morgan fingerprint density at radius 3 is 2.58 bits per heavy atom. The molecule has 1 amide bonds. The Morgan fingerprint density at radius 1 is 1.04 bits per heavy atom. The maximum absolute atomic E-state index is 13.0. The van der Waals surface area contributed by atoms with Gasteiger partial charge in [-0.05, 0) is 37.8 Å². The summed E-state index contributed by atoms with van der Waals surface area (Å²) in [5, 5.41) is 0. The van der Waals surface area contributed by atoms with E-state index in [1.165, 1.54) is 6.42 Å². The van der Waals surface area contributed by atoms with Gasteiger partial charge >= 0.3 is 5.69 Å². The van der Waals surface area contributed by atoms with Crippen molar-refractivity contribution in [1.29, 1.82) is 0 Å². The number of fused-ring (bicyclic) bond motifs is 1. The number of H-pyrrole nitrogens is 1. The minimum Gasteiger partial charge on any atom is -0.342 e. The first-order valence-electron chi connectivity index (χ1n) is 9.89. The van der Waals surface area contributed by atoms with Gasteiger partial charge in [0.25, 0.3) is 0 Å². The highest BCUT2D eigenvalue weighted by Crippen LogP contribution is 2.28. The number of aromatic amines is 1. The van der Waals surface area contributed by atoms with Crippen LogP contribution in [0.25, 0.3) is 11.0 Å². The van der Waals surface area contributed by atoms with Crippen molar-refractivity contribution < 1.29 is 4.79 Å². The first kappa shape index (κ1) is 17.3. The lowest BCUT2D eigenvalue weighted by Crippen LogP contribution is -2.47. The number of benzene rings is 1. The summed E-state index contributed by atoms with van der Waals surface area (Å²) in [6, 6.07) is 7.94. The number of hydrogen-bond donors (Lipinski definition) is 2. The van der Waals surface area contributed by atoms with Crippen molar-refractivity contribution in [3.05, 3.63) is 34.7 Å². The Bertz CT molecular complexity index is 832. The summed E-state index contributed by atoms with van der Waals surface area (Å²) in [5.74, 6) is 0.203. The van der Waals surface area contributed by atoms with Crippen LogP contribution in [0.4, 0.5) is 0 Å². The molecule has 140 valence electrons. The van der Waals surface area contributed by atoms with Gasteiger partial charge in [0.05, 0.1) is 17.0 Å². The van der Waals surface area contributed by atoms with Crippen molar-refractivity contribution in [3.63, 3.8) is 0 Å². The fourth-order valence-electron chi connectivity index (χ4n) is 4.66. The molecule has 0 spiro atoms. The summed E-state index contributed by atoms with van der Waals surface area (Å²) in [6.07, 6.45) is 6.93. The van der Waals surface area contributed by atoms with Gasteiger partial charge in [0, 0.05) is 25.2 Å². The van der Waals surface area contributed by atoms with E-state index in [4.69, 9.17) is 5.73 Å². The molecule has 2 unspecified atom stereocenters. The molecule has 2 fully saturated rings. The third-order valence-electron chi connectivity index (χ3n) is 6.15. The van der Waals surface area contributed by atoms with Crippen molar-refractivity contribution in [3.8, 4) is 0 Å². The number of carbonyl (C=O) groups is 1. The lowest BCUT2D eigenvalue weighted by Gasteiger charge is -2.35. The van der Waals surface area contributed by atoms with Crippen molar-refractivity contribution in [2.24, 2.45) is 11.7 Å². The third kappa shape index (κ3) is 3.18. The molecular formula is C20H28N4O2. The summed E-state index contributed by atoms with van der Waals surface area (Å²) in [7, 11) is 0. The highest BCUT2D eigenvalue weighted by atomic mass is 16.2. The Labute approximate surface area is 153 Å². The number of nitrogens with zero attached hydrogens (tertiary/aromatic N) is 2. The van der Waals surface area contributed by atoms with E-state index in [9.17, 15) is 9.59 Å². The molecule has 1 aliphatic carbocycles. The number of rotatable bonds is 2. The van der Waals surface area contributed by atoms with Crippen LogP contribution in [-0.2, 0) is 4.79 Å². The second kappa shape index (κ2) is 7.27. The first-order chi connectivity index (χ1) is 12.6. The van der Waals surface area contributed by atoms with Gasteiger partial charge in [0.2, 0.25) is 5.91 Å². The number of piperidine rings is 1. The van der Waals surface area contributed by atoms with Crippen molar-refractivity contribution >= 4 is 16.9 Å². The summed E-state index contributed by atoms with van der Waals surface area (Å²) >= 11 is 0. The van der Waals surface area contributed by atoms with Crippen molar-refractivity contribution in [2.75, 3.05) is 13.1 Å². The number of carbonyl (C=O) groups excluding carboxylic acids is 1. The van der Waals surface area contributed by atoms with Crippen molar-refractivity contribution in [2.45, 2.75) is 57.0 Å². The molecule has 1 saturated carbocycles. The van der Waals surface area contributed by atoms with E-state index >= 15 is 0 Å². The number of amides is 1. The topological polar surface area (TPSA) is 84.1 Å². The second-order valence-electron chi connectivity index (χ2n) is 7.78. The number of nitrogens with one attached hydrogen (secondary N) is 1. The van der Waals surface area contributed by atoms with E-state index in [0.717, 1.165) is 49.6 Å². The number of imidazole rings is 1. The number of likely N-dealkylation sites (tertiary alicyclic amines) is 1. The van der Waals surface area contributed by atoms with Crippen LogP contribution in [0.5, 0.6) is 0 Å². The molecule has 2 aliphatic rings. The van der Waals surface area contributed by atoms with Crippen LogP contribution < -0.4 is 11.4 Å². The molecule has 1 aromatic heterocycles. The number of para-hydroxylation sites is 2. The average molecular weight is 356 g/mol. The van der Waals surface area contributed by atoms with Crippen LogP contribution in [0.1, 0.15) is 51.0 Å². The minimum atomic E-state index is -0.0539. The zero-order valence-corrected chi connectivity index (χ0v) is 15.2. The van der Waals surface area contributed by atoms with Crippen molar-refractivity contribution in [1.82, 2.24) is 14.5 Å². The average Bonchev–Trinajstić information content (AvgIpc) is 2.84. The highest BCUT2D eigenvalue weighted by Gasteiger charge is 2.33. The predicted octanol–water partition coefficient (Wildman–Crippen LogP) is 2.40. The third-order valence-corrected chi connectivity index (χ3v) is 6.15. The van der Waals surface area contributed by atoms with Gasteiger partial charge in [-0.15, -0.1) is 0 Å². The maximum atomic E-state index is 13.0. The zero-order valence-electron chi connectivity index (χ0n) is 15.2. The molecule has 2 heterocycles. The highest BCUT2D eigenvalue weighted by molar-refractivity contribution is 5.80. The molecule has 1 aliphatic heterocycles. The summed E-state index contributed by atoms with van der Waals surface area (Å²) in [4.78, 5) is 30.3. The van der Waals surface area contributed by atoms with E-state index < -0.39 is 0 Å². The molecule has 1 saturated heterocycles. The van der Waals surface area contributed by atoms with Crippen LogP contribution in [0, 0.1) is 5.92 Å². The SMILES string of the molecule is NC1CCCCCC1C(=O)N1CCC(n2c(=O)[nH]c3ccccc32)CC1. The minimum absolute atomic E-state index is 0.000963. The smallest absolute Gasteiger partial charge is 0.326 e. The molecule has 26 heavy (non-hydrogen) atoms. The Kier molecular flexibility index (Phi) is 4.85. The summed E-state index contributed by atoms with van der Waals surface area (Å²) < 4.78 is 1.87. The van der Waals surface area contributed by atoms with E-state index in [-0.39, 0.29) is 29.6 Å². The molecule has 2 atom stereocenters. The summed E-state index contributed by atoms with van der Waals surface area (Å²) in [5.41, 5.74) is 8.05. The lowest BCUT2D eigenvalue weighted by atomic mass is 9.92. The zero-order chi connectivity index (χ0) is 18.1. The monoisotopic (exact) mass is 356 g/mol. The predicted molar refractivity (Wildman–Crippen MR) is 102 cm³/mol. The first-order valence-corrected chi connectivity index (χ1v) is 9.89. The lowest BCUT2D eigenvalue weighted by molar-refractivity contribution is -0.137. The van der Waals surface area contributed by atoms with E-state index in [0.29, 0.717) is 13.1 Å². The number of nitrogens with two attached hydrogens (primary N) is 1. The molecule has 0 bridgehead atoms. The molecule has 3 N–H and O–H groups in total. The molecule has 2 aromatic rings. The Morgan fingerprint density at radius 2 is 1.77 bits per heavy atom. The van der Waals surface area contributed by atoms with Gasteiger partial charge in [-0.2, -0.15) is 0 Å². The molecule has 6 heteroatoms. The van der Waals surface area contributed by atoms with Crippen LogP contribution >= 0.6 is 0 Å². The fraction of sp³-hybridized carbons (Fsp3) is 0.600. The van der Waals surface area contributed by atoms with Gasteiger partial charge < -0.3 is 15.6 Å². The molecule has 4 rings (SSSR count). The maximum Gasteiger partial charge on any atom is 0.326 e. The second-order valence-corrected chi connectivity index (χ2v) is 7.78. The van der Waals surface area contributed by atoms with Crippen LogP contribution in [0.2, 0.25) is 0 Å².